The lowest BCUT2D eigenvalue weighted by Crippen LogP contribution is -2.23. The zero-order chi connectivity index (χ0) is 30.1. The summed E-state index contributed by atoms with van der Waals surface area (Å²) in [7, 11) is 1.12. The summed E-state index contributed by atoms with van der Waals surface area (Å²) in [6.07, 6.45) is -7.39. The Bertz CT molecular complexity index is 1290. The van der Waals surface area contributed by atoms with E-state index in [9.17, 15) is 41.0 Å². The Labute approximate surface area is 225 Å². The molecule has 216 valence electrons. The Balaban J connectivity index is 0.000000238. The zero-order valence-corrected chi connectivity index (χ0v) is 21.2. The number of alkyl halides is 6. The largest absolute Gasteiger partial charge is 0.494 e. The third-order valence-electron chi connectivity index (χ3n) is 5.57. The molecule has 1 aliphatic rings. The summed E-state index contributed by atoms with van der Waals surface area (Å²) >= 11 is 0. The molecular weight excluding hydrogens is 544 g/mol. The van der Waals surface area contributed by atoms with E-state index in [0.717, 1.165) is 56.0 Å². The van der Waals surface area contributed by atoms with Gasteiger partial charge >= 0.3 is 18.3 Å². The van der Waals surface area contributed by atoms with Crippen LogP contribution in [0.15, 0.2) is 66.7 Å². The smallest absolute Gasteiger partial charge is 0.420 e. The Morgan fingerprint density at radius 2 is 1.48 bits per heavy atom. The number of carbonyl (C=O) groups is 2. The Morgan fingerprint density at radius 3 is 1.90 bits per heavy atom. The fourth-order valence-electron chi connectivity index (χ4n) is 3.73. The van der Waals surface area contributed by atoms with Crippen LogP contribution in [0.25, 0.3) is 0 Å². The van der Waals surface area contributed by atoms with E-state index in [2.05, 4.69) is 0 Å². The van der Waals surface area contributed by atoms with Gasteiger partial charge in [-0.3, -0.25) is 4.79 Å². The average molecular weight is 572 g/mol. The molecule has 5 N–H and O–H groups in total. The van der Waals surface area contributed by atoms with Gasteiger partial charge in [0, 0.05) is 24.3 Å². The van der Waals surface area contributed by atoms with Crippen LogP contribution < -0.4 is 21.1 Å². The quantitative estimate of drug-likeness (QED) is 0.258. The monoisotopic (exact) mass is 571 g/mol. The van der Waals surface area contributed by atoms with Crippen molar-refractivity contribution in [1.82, 2.24) is 0 Å². The van der Waals surface area contributed by atoms with Crippen LogP contribution in [-0.4, -0.2) is 37.2 Å². The summed E-state index contributed by atoms with van der Waals surface area (Å²) in [5, 5.41) is 9.18. The topological polar surface area (TPSA) is 119 Å². The van der Waals surface area contributed by atoms with Gasteiger partial charge < -0.3 is 26.2 Å². The minimum Gasteiger partial charge on any atom is -0.494 e. The number of amides is 1. The Hall–Kier alpha value is -4.42. The van der Waals surface area contributed by atoms with Gasteiger partial charge in [0.15, 0.2) is 5.75 Å². The van der Waals surface area contributed by atoms with E-state index in [-0.39, 0.29) is 16.8 Å². The molecule has 0 atom stereocenters. The zero-order valence-electron chi connectivity index (χ0n) is 21.2. The maximum atomic E-state index is 13.0. The SMILES string of the molecule is COc1c(C(F)(F)F)ccc(C(=O)O)c1N1CCCC1.NC(=O)c1cccc(C(F)(F)F)c1.Nc1ccccc1. The maximum absolute atomic E-state index is 13.0. The first-order chi connectivity index (χ1) is 18.7. The average Bonchev–Trinajstić information content (AvgIpc) is 3.42. The predicted octanol–water partition coefficient (Wildman–Crippen LogP) is 6.09. The van der Waals surface area contributed by atoms with Crippen molar-refractivity contribution in [1.29, 1.82) is 0 Å². The molecule has 3 aromatic carbocycles. The molecule has 1 saturated heterocycles. The second-order valence-corrected chi connectivity index (χ2v) is 8.39. The Kier molecular flexibility index (Phi) is 10.8. The first-order valence-corrected chi connectivity index (χ1v) is 11.7. The van der Waals surface area contributed by atoms with Crippen LogP contribution >= 0.6 is 0 Å². The number of para-hydroxylation sites is 1. The molecule has 0 unspecified atom stereocenters. The van der Waals surface area contributed by atoms with Gasteiger partial charge in [-0.2, -0.15) is 26.3 Å². The number of anilines is 2. The van der Waals surface area contributed by atoms with Gasteiger partial charge in [0.05, 0.1) is 29.5 Å². The van der Waals surface area contributed by atoms with Gasteiger partial charge in [0.25, 0.3) is 0 Å². The van der Waals surface area contributed by atoms with E-state index in [0.29, 0.717) is 13.1 Å². The number of methoxy groups -OCH3 is 1. The molecule has 1 aliphatic heterocycles. The summed E-state index contributed by atoms with van der Waals surface area (Å²) in [6, 6.07) is 15.2. The van der Waals surface area contributed by atoms with Gasteiger partial charge in [-0.05, 0) is 55.3 Å². The van der Waals surface area contributed by atoms with Crippen LogP contribution in [0.1, 0.15) is 44.7 Å². The van der Waals surface area contributed by atoms with E-state index in [4.69, 9.17) is 16.2 Å². The molecule has 7 nitrogen and oxygen atoms in total. The molecule has 0 aliphatic carbocycles. The number of primary amides is 1. The summed E-state index contributed by atoms with van der Waals surface area (Å²) in [4.78, 5) is 23.4. The normalized spacial score (nSPS) is 12.9. The molecular formula is C27H27F6N3O4. The van der Waals surface area contributed by atoms with Crippen molar-refractivity contribution in [2.24, 2.45) is 5.73 Å². The number of hydrogen-bond acceptors (Lipinski definition) is 5. The number of carbonyl (C=O) groups excluding carboxylic acids is 1. The summed E-state index contributed by atoms with van der Waals surface area (Å²) in [6.45, 7) is 1.05. The highest BCUT2D eigenvalue weighted by Crippen LogP contribution is 2.44. The van der Waals surface area contributed by atoms with Crippen molar-refractivity contribution in [2.75, 3.05) is 30.8 Å². The third-order valence-corrected chi connectivity index (χ3v) is 5.57. The second-order valence-electron chi connectivity index (χ2n) is 8.39. The van der Waals surface area contributed by atoms with E-state index in [1.54, 1.807) is 4.90 Å². The lowest BCUT2D eigenvalue weighted by molar-refractivity contribution is -0.139. The number of carboxylic acid groups (broad SMARTS) is 1. The molecule has 0 saturated carbocycles. The number of ether oxygens (including phenoxy) is 1. The molecule has 0 spiro atoms. The van der Waals surface area contributed by atoms with Gasteiger partial charge in [-0.15, -0.1) is 0 Å². The van der Waals surface area contributed by atoms with Gasteiger partial charge in [-0.1, -0.05) is 24.3 Å². The number of rotatable bonds is 4. The van der Waals surface area contributed by atoms with Crippen molar-refractivity contribution in [3.63, 3.8) is 0 Å². The number of halogens is 6. The van der Waals surface area contributed by atoms with Crippen molar-refractivity contribution in [3.05, 3.63) is 89.0 Å². The van der Waals surface area contributed by atoms with Crippen LogP contribution in [0.2, 0.25) is 0 Å². The minimum atomic E-state index is -4.59. The van der Waals surface area contributed by atoms with Crippen LogP contribution in [0.5, 0.6) is 5.75 Å². The molecule has 0 aromatic heterocycles. The molecule has 0 radical (unpaired) electrons. The number of benzene rings is 3. The van der Waals surface area contributed by atoms with E-state index in [1.807, 2.05) is 30.3 Å². The molecule has 1 heterocycles. The van der Waals surface area contributed by atoms with Crippen LogP contribution in [-0.2, 0) is 12.4 Å². The highest BCUT2D eigenvalue weighted by Gasteiger charge is 2.38. The number of aromatic carboxylic acids is 1. The molecule has 1 fully saturated rings. The van der Waals surface area contributed by atoms with Crippen molar-refractivity contribution in [3.8, 4) is 5.75 Å². The fourth-order valence-corrected chi connectivity index (χ4v) is 3.73. The number of carboxylic acids is 1. The first kappa shape index (κ1) is 31.8. The maximum Gasteiger partial charge on any atom is 0.420 e. The third kappa shape index (κ3) is 8.82. The molecule has 3 aromatic rings. The molecule has 4 rings (SSSR count). The number of nitrogens with two attached hydrogens (primary N) is 2. The second kappa shape index (κ2) is 13.6. The fraction of sp³-hybridized carbons (Fsp3) is 0.259. The van der Waals surface area contributed by atoms with Crippen molar-refractivity contribution in [2.45, 2.75) is 25.2 Å². The molecule has 0 bridgehead atoms. The number of nitrogens with zero attached hydrogens (tertiary/aromatic N) is 1. The highest BCUT2D eigenvalue weighted by atomic mass is 19.4. The van der Waals surface area contributed by atoms with Gasteiger partial charge in [-0.25, -0.2) is 4.79 Å². The van der Waals surface area contributed by atoms with E-state index >= 15 is 0 Å². The van der Waals surface area contributed by atoms with Crippen molar-refractivity contribution < 1.29 is 45.8 Å². The minimum absolute atomic E-state index is 0.0207. The Morgan fingerprint density at radius 1 is 0.875 bits per heavy atom. The van der Waals surface area contributed by atoms with Crippen LogP contribution in [0.4, 0.5) is 37.7 Å². The van der Waals surface area contributed by atoms with Crippen LogP contribution in [0.3, 0.4) is 0 Å². The summed E-state index contributed by atoms with van der Waals surface area (Å²) < 4.78 is 80.1. The van der Waals surface area contributed by atoms with Crippen LogP contribution in [0, 0.1) is 0 Å². The highest BCUT2D eigenvalue weighted by molar-refractivity contribution is 5.97. The predicted molar refractivity (Wildman–Crippen MR) is 137 cm³/mol. The standard InChI is InChI=1S/C13H14F3NO3.C8H6F3NO.C6H7N/c1-20-11-9(13(14,15)16)5-4-8(12(18)19)10(11)17-6-2-3-7-17;9-8(10,11)6-3-1-2-5(4-6)7(12)13;7-6-4-2-1-3-5-6/h4-5H,2-3,6-7H2,1H3,(H,18,19);1-4H,(H2,12,13);1-5H,7H2. The van der Waals surface area contributed by atoms with Gasteiger partial charge in [0.1, 0.15) is 0 Å². The summed E-state index contributed by atoms with van der Waals surface area (Å²) in [5.74, 6) is -2.55. The number of hydrogen-bond donors (Lipinski definition) is 3. The molecule has 40 heavy (non-hydrogen) atoms. The summed E-state index contributed by atoms with van der Waals surface area (Å²) in [5.41, 5.74) is 8.88. The van der Waals surface area contributed by atoms with E-state index < -0.39 is 41.1 Å². The molecule has 1 amide bonds. The number of nitrogen functional groups attached to an aromatic ring is 1. The van der Waals surface area contributed by atoms with E-state index in [1.165, 1.54) is 6.07 Å². The van der Waals surface area contributed by atoms with Crippen molar-refractivity contribution >= 4 is 23.3 Å². The molecule has 13 heteroatoms. The first-order valence-electron chi connectivity index (χ1n) is 11.7. The lowest BCUT2D eigenvalue weighted by Gasteiger charge is -2.25. The van der Waals surface area contributed by atoms with Gasteiger partial charge in [0.2, 0.25) is 5.91 Å². The lowest BCUT2D eigenvalue weighted by atomic mass is 10.1.